The molecule has 0 saturated heterocycles. The first-order chi connectivity index (χ1) is 10.4. The standard InChI is InChI=1S/C19H28O2/c1(6-20-12-18-10-14-2-4-16(18)8-14)7-21-13-19-11-15-3-5-17(19)9-15/h2-5,14-19H,1,6-13H2. The van der Waals surface area contributed by atoms with E-state index in [1.165, 1.54) is 25.7 Å². The molecule has 116 valence electrons. The first kappa shape index (κ1) is 14.0. The Morgan fingerprint density at radius 3 is 1.57 bits per heavy atom. The fourth-order valence-electron chi connectivity index (χ4n) is 4.90. The highest BCUT2D eigenvalue weighted by Crippen LogP contribution is 2.44. The zero-order valence-corrected chi connectivity index (χ0v) is 13.0. The Hall–Kier alpha value is -0.600. The van der Waals surface area contributed by atoms with Crippen LogP contribution in [0, 0.1) is 35.5 Å². The Morgan fingerprint density at radius 1 is 0.667 bits per heavy atom. The Bertz CT molecular complexity index is 376. The van der Waals surface area contributed by atoms with E-state index in [1.54, 1.807) is 0 Å². The van der Waals surface area contributed by atoms with E-state index < -0.39 is 0 Å². The molecule has 0 amide bonds. The first-order valence-corrected chi connectivity index (χ1v) is 8.90. The van der Waals surface area contributed by atoms with Crippen molar-refractivity contribution in [1.29, 1.82) is 0 Å². The third-order valence-electron chi connectivity index (χ3n) is 6.07. The molecular formula is C19H28O2. The minimum Gasteiger partial charge on any atom is -0.381 e. The van der Waals surface area contributed by atoms with Gasteiger partial charge in [0.15, 0.2) is 0 Å². The summed E-state index contributed by atoms with van der Waals surface area (Å²) in [6, 6.07) is 0. The van der Waals surface area contributed by atoms with Crippen molar-refractivity contribution < 1.29 is 9.47 Å². The maximum absolute atomic E-state index is 5.87. The van der Waals surface area contributed by atoms with Crippen LogP contribution in [0.5, 0.6) is 0 Å². The second-order valence-corrected chi connectivity index (χ2v) is 7.58. The fraction of sp³-hybridized carbons (Fsp3) is 0.789. The topological polar surface area (TPSA) is 18.5 Å². The lowest BCUT2D eigenvalue weighted by molar-refractivity contribution is 0.0481. The summed E-state index contributed by atoms with van der Waals surface area (Å²) in [5, 5.41) is 0. The molecule has 0 N–H and O–H groups in total. The maximum atomic E-state index is 5.87. The molecule has 0 spiro atoms. The van der Waals surface area contributed by atoms with Crippen LogP contribution in [-0.2, 0) is 9.47 Å². The Morgan fingerprint density at radius 2 is 1.19 bits per heavy atom. The third kappa shape index (κ3) is 3.12. The lowest BCUT2D eigenvalue weighted by Gasteiger charge is -2.19. The highest BCUT2D eigenvalue weighted by molar-refractivity contribution is 5.10. The molecule has 0 aromatic carbocycles. The molecular weight excluding hydrogens is 260 g/mol. The summed E-state index contributed by atoms with van der Waals surface area (Å²) in [7, 11) is 0. The van der Waals surface area contributed by atoms with Gasteiger partial charge in [-0.05, 0) is 67.6 Å². The summed E-state index contributed by atoms with van der Waals surface area (Å²) in [6.45, 7) is 3.66. The van der Waals surface area contributed by atoms with Gasteiger partial charge in [-0.3, -0.25) is 0 Å². The van der Waals surface area contributed by atoms with E-state index in [0.29, 0.717) is 0 Å². The van der Waals surface area contributed by atoms with E-state index in [1.807, 2.05) is 0 Å². The summed E-state index contributed by atoms with van der Waals surface area (Å²) >= 11 is 0. The van der Waals surface area contributed by atoms with Crippen molar-refractivity contribution >= 4 is 0 Å². The molecule has 2 saturated carbocycles. The summed E-state index contributed by atoms with van der Waals surface area (Å²) in [5.74, 6) is 4.95. The zero-order valence-electron chi connectivity index (χ0n) is 13.0. The predicted octanol–water partition coefficient (Wildman–Crippen LogP) is 3.83. The Kier molecular flexibility index (Phi) is 4.18. The predicted molar refractivity (Wildman–Crippen MR) is 83.9 cm³/mol. The van der Waals surface area contributed by atoms with E-state index in [2.05, 4.69) is 24.3 Å². The maximum Gasteiger partial charge on any atom is 0.0500 e. The van der Waals surface area contributed by atoms with Crippen LogP contribution in [0.1, 0.15) is 32.1 Å². The lowest BCUT2D eigenvalue weighted by Crippen LogP contribution is -2.17. The van der Waals surface area contributed by atoms with E-state index >= 15 is 0 Å². The van der Waals surface area contributed by atoms with Crippen LogP contribution in [0.25, 0.3) is 0 Å². The Balaban J connectivity index is 1.03. The molecule has 0 aliphatic heterocycles. The zero-order chi connectivity index (χ0) is 14.1. The average Bonchev–Trinajstić information content (AvgIpc) is 3.26. The molecule has 6 unspecified atom stereocenters. The fourth-order valence-corrected chi connectivity index (χ4v) is 4.90. The molecule has 0 aromatic heterocycles. The Labute approximate surface area is 128 Å². The van der Waals surface area contributed by atoms with Crippen LogP contribution in [-0.4, -0.2) is 26.4 Å². The van der Waals surface area contributed by atoms with Gasteiger partial charge in [-0.1, -0.05) is 24.3 Å². The molecule has 4 bridgehead atoms. The van der Waals surface area contributed by atoms with Crippen molar-refractivity contribution in [3.05, 3.63) is 24.3 Å². The largest absolute Gasteiger partial charge is 0.381 e. The van der Waals surface area contributed by atoms with Crippen LogP contribution in [0.4, 0.5) is 0 Å². The van der Waals surface area contributed by atoms with Crippen molar-refractivity contribution in [2.45, 2.75) is 32.1 Å². The minimum absolute atomic E-state index is 0.793. The molecule has 2 fully saturated rings. The summed E-state index contributed by atoms with van der Waals surface area (Å²) in [5.41, 5.74) is 0. The van der Waals surface area contributed by atoms with Gasteiger partial charge in [-0.25, -0.2) is 0 Å². The second-order valence-electron chi connectivity index (χ2n) is 7.58. The lowest BCUT2D eigenvalue weighted by atomic mass is 9.95. The highest BCUT2D eigenvalue weighted by atomic mass is 16.5. The van der Waals surface area contributed by atoms with Gasteiger partial charge in [0.1, 0.15) is 0 Å². The van der Waals surface area contributed by atoms with Crippen LogP contribution >= 0.6 is 0 Å². The molecule has 2 nitrogen and oxygen atoms in total. The minimum atomic E-state index is 0.793. The van der Waals surface area contributed by atoms with Crippen LogP contribution < -0.4 is 0 Å². The second kappa shape index (κ2) is 6.26. The molecule has 4 rings (SSSR count). The van der Waals surface area contributed by atoms with E-state index in [9.17, 15) is 0 Å². The monoisotopic (exact) mass is 288 g/mol. The molecule has 4 aliphatic rings. The van der Waals surface area contributed by atoms with Crippen LogP contribution in [0.3, 0.4) is 0 Å². The molecule has 6 atom stereocenters. The molecule has 0 radical (unpaired) electrons. The van der Waals surface area contributed by atoms with Crippen LogP contribution in [0.2, 0.25) is 0 Å². The number of rotatable bonds is 8. The number of fused-ring (bicyclic) bond motifs is 4. The van der Waals surface area contributed by atoms with Gasteiger partial charge < -0.3 is 9.47 Å². The highest BCUT2D eigenvalue weighted by Gasteiger charge is 2.36. The van der Waals surface area contributed by atoms with Crippen molar-refractivity contribution in [3.63, 3.8) is 0 Å². The van der Waals surface area contributed by atoms with Gasteiger partial charge in [-0.2, -0.15) is 0 Å². The number of ether oxygens (including phenoxy) is 2. The smallest absolute Gasteiger partial charge is 0.0500 e. The van der Waals surface area contributed by atoms with Gasteiger partial charge >= 0.3 is 0 Å². The van der Waals surface area contributed by atoms with E-state index in [0.717, 1.165) is 68.4 Å². The van der Waals surface area contributed by atoms with E-state index in [-0.39, 0.29) is 0 Å². The quantitative estimate of drug-likeness (QED) is 0.499. The van der Waals surface area contributed by atoms with Crippen molar-refractivity contribution in [3.8, 4) is 0 Å². The number of hydrogen-bond acceptors (Lipinski definition) is 2. The third-order valence-corrected chi connectivity index (χ3v) is 6.07. The van der Waals surface area contributed by atoms with Gasteiger partial charge in [0.25, 0.3) is 0 Å². The van der Waals surface area contributed by atoms with Gasteiger partial charge in [0, 0.05) is 26.4 Å². The summed E-state index contributed by atoms with van der Waals surface area (Å²) in [6.07, 6.45) is 16.2. The van der Waals surface area contributed by atoms with Crippen LogP contribution in [0.15, 0.2) is 24.3 Å². The summed E-state index contributed by atoms with van der Waals surface area (Å²) < 4.78 is 11.7. The van der Waals surface area contributed by atoms with Crippen molar-refractivity contribution in [2.24, 2.45) is 35.5 Å². The molecule has 21 heavy (non-hydrogen) atoms. The SMILES string of the molecule is C1=CC2CC1CC2COCCCOCC1CC2C=CC1C2. The van der Waals surface area contributed by atoms with Crippen molar-refractivity contribution in [2.75, 3.05) is 26.4 Å². The number of hydrogen-bond donors (Lipinski definition) is 0. The molecule has 0 heterocycles. The summed E-state index contributed by atoms with van der Waals surface area (Å²) in [4.78, 5) is 0. The number of allylic oxidation sites excluding steroid dienone is 4. The van der Waals surface area contributed by atoms with Gasteiger partial charge in [0.2, 0.25) is 0 Å². The molecule has 0 aromatic rings. The molecule has 4 aliphatic carbocycles. The molecule has 2 heteroatoms. The van der Waals surface area contributed by atoms with Crippen molar-refractivity contribution in [1.82, 2.24) is 0 Å². The van der Waals surface area contributed by atoms with Gasteiger partial charge in [-0.15, -0.1) is 0 Å². The first-order valence-electron chi connectivity index (χ1n) is 8.90. The van der Waals surface area contributed by atoms with E-state index in [4.69, 9.17) is 9.47 Å². The van der Waals surface area contributed by atoms with Gasteiger partial charge in [0.05, 0.1) is 0 Å². The average molecular weight is 288 g/mol. The normalized spacial score (nSPS) is 42.5.